The van der Waals surface area contributed by atoms with Crippen LogP contribution >= 0.6 is 11.8 Å². The van der Waals surface area contributed by atoms with Crippen molar-refractivity contribution >= 4 is 23.3 Å². The second-order valence-corrected chi connectivity index (χ2v) is 5.14. The molecule has 0 aliphatic heterocycles. The summed E-state index contributed by atoms with van der Waals surface area (Å²) >= 11 is 1.82. The molecular formula is C11H17N3O2S. The van der Waals surface area contributed by atoms with Crippen LogP contribution in [0.15, 0.2) is 12.3 Å². The Balaban J connectivity index is 2.72. The van der Waals surface area contributed by atoms with Crippen molar-refractivity contribution in [3.8, 4) is 0 Å². The van der Waals surface area contributed by atoms with Gasteiger partial charge in [-0.25, -0.2) is 4.98 Å². The number of aromatic nitrogens is 1. The highest BCUT2D eigenvalue weighted by Crippen LogP contribution is 2.20. The summed E-state index contributed by atoms with van der Waals surface area (Å²) in [6.07, 6.45) is 1.53. The van der Waals surface area contributed by atoms with Gasteiger partial charge >= 0.3 is 0 Å². The average Bonchev–Trinajstić information content (AvgIpc) is 2.28. The van der Waals surface area contributed by atoms with Crippen molar-refractivity contribution in [2.24, 2.45) is 0 Å². The van der Waals surface area contributed by atoms with Gasteiger partial charge in [0.05, 0.1) is 11.0 Å². The highest BCUT2D eigenvalue weighted by molar-refractivity contribution is 7.99. The van der Waals surface area contributed by atoms with E-state index in [1.807, 2.05) is 18.7 Å². The maximum Gasteiger partial charge on any atom is 0.277 e. The van der Waals surface area contributed by atoms with Crippen LogP contribution in [0.3, 0.4) is 0 Å². The third-order valence-corrected chi connectivity index (χ3v) is 3.38. The van der Waals surface area contributed by atoms with E-state index in [2.05, 4.69) is 17.2 Å². The molecule has 0 amide bonds. The van der Waals surface area contributed by atoms with Gasteiger partial charge in [-0.05, 0) is 19.6 Å². The van der Waals surface area contributed by atoms with Crippen molar-refractivity contribution in [1.29, 1.82) is 0 Å². The van der Waals surface area contributed by atoms with E-state index in [0.29, 0.717) is 11.4 Å². The van der Waals surface area contributed by atoms with Gasteiger partial charge in [-0.3, -0.25) is 10.1 Å². The van der Waals surface area contributed by atoms with Gasteiger partial charge in [0.1, 0.15) is 5.82 Å². The van der Waals surface area contributed by atoms with Crippen LogP contribution in [0.2, 0.25) is 0 Å². The molecule has 1 aromatic rings. The van der Waals surface area contributed by atoms with E-state index >= 15 is 0 Å². The predicted molar refractivity (Wildman–Crippen MR) is 71.7 cm³/mol. The lowest BCUT2D eigenvalue weighted by Crippen LogP contribution is -2.19. The molecule has 0 radical (unpaired) electrons. The van der Waals surface area contributed by atoms with E-state index in [4.69, 9.17) is 0 Å². The molecule has 1 unspecified atom stereocenters. The summed E-state index contributed by atoms with van der Waals surface area (Å²) < 4.78 is 0. The minimum Gasteiger partial charge on any atom is -0.367 e. The molecule has 1 aromatic heterocycles. The number of aryl methyl sites for hydroxylation is 1. The van der Waals surface area contributed by atoms with Crippen LogP contribution in [0, 0.1) is 17.0 Å². The van der Waals surface area contributed by atoms with Crippen molar-refractivity contribution in [2.75, 3.05) is 16.8 Å². The third kappa shape index (κ3) is 4.22. The van der Waals surface area contributed by atoms with Gasteiger partial charge in [-0.1, -0.05) is 6.92 Å². The van der Waals surface area contributed by atoms with Crippen LogP contribution in [0.25, 0.3) is 0 Å². The number of hydrogen-bond donors (Lipinski definition) is 1. The molecule has 1 heterocycles. The van der Waals surface area contributed by atoms with E-state index in [1.54, 1.807) is 6.92 Å². The number of nitro groups is 1. The second-order valence-electron chi connectivity index (χ2n) is 3.82. The molecule has 0 fully saturated rings. The highest BCUT2D eigenvalue weighted by Gasteiger charge is 2.13. The number of pyridine rings is 1. The van der Waals surface area contributed by atoms with Gasteiger partial charge in [0.2, 0.25) is 0 Å². The molecule has 17 heavy (non-hydrogen) atoms. The molecule has 5 nitrogen and oxygen atoms in total. The van der Waals surface area contributed by atoms with Crippen LogP contribution in [0.5, 0.6) is 0 Å². The average molecular weight is 255 g/mol. The topological polar surface area (TPSA) is 68.1 Å². The number of thioether (sulfide) groups is 1. The maximum absolute atomic E-state index is 10.8. The van der Waals surface area contributed by atoms with Gasteiger partial charge in [0.25, 0.3) is 5.69 Å². The Labute approximate surface area is 105 Å². The molecule has 0 saturated heterocycles. The first-order chi connectivity index (χ1) is 8.04. The van der Waals surface area contributed by atoms with Crippen molar-refractivity contribution in [3.63, 3.8) is 0 Å². The van der Waals surface area contributed by atoms with Crippen molar-refractivity contribution in [2.45, 2.75) is 26.8 Å². The van der Waals surface area contributed by atoms with E-state index in [0.717, 1.165) is 11.5 Å². The second kappa shape index (κ2) is 6.44. The van der Waals surface area contributed by atoms with Crippen LogP contribution in [0.1, 0.15) is 19.4 Å². The summed E-state index contributed by atoms with van der Waals surface area (Å²) in [6, 6.07) is 1.73. The quantitative estimate of drug-likeness (QED) is 0.625. The van der Waals surface area contributed by atoms with Crippen molar-refractivity contribution < 1.29 is 4.92 Å². The summed E-state index contributed by atoms with van der Waals surface area (Å²) in [4.78, 5) is 14.5. The molecule has 0 aromatic carbocycles. The number of anilines is 1. The lowest BCUT2D eigenvalue weighted by molar-refractivity contribution is -0.385. The summed E-state index contributed by atoms with van der Waals surface area (Å²) in [5.74, 6) is 2.58. The number of rotatable bonds is 6. The Hall–Kier alpha value is -1.30. The molecule has 0 aliphatic rings. The van der Waals surface area contributed by atoms with Gasteiger partial charge < -0.3 is 5.32 Å². The first kappa shape index (κ1) is 13.8. The maximum atomic E-state index is 10.8. The highest BCUT2D eigenvalue weighted by atomic mass is 32.2. The lowest BCUT2D eigenvalue weighted by Gasteiger charge is -2.13. The van der Waals surface area contributed by atoms with Gasteiger partial charge in [0, 0.05) is 23.6 Å². The molecule has 1 atom stereocenters. The van der Waals surface area contributed by atoms with Gasteiger partial charge in [-0.15, -0.1) is 0 Å². The Morgan fingerprint density at radius 2 is 2.35 bits per heavy atom. The molecule has 6 heteroatoms. The minimum absolute atomic E-state index is 0.109. The Morgan fingerprint density at radius 1 is 1.65 bits per heavy atom. The zero-order valence-corrected chi connectivity index (χ0v) is 11.1. The normalized spacial score (nSPS) is 12.2. The molecular weight excluding hydrogens is 238 g/mol. The molecule has 1 rings (SSSR count). The number of hydrogen-bond acceptors (Lipinski definition) is 5. The van der Waals surface area contributed by atoms with Crippen LogP contribution < -0.4 is 5.32 Å². The lowest BCUT2D eigenvalue weighted by atomic mass is 10.2. The summed E-state index contributed by atoms with van der Waals surface area (Å²) in [5.41, 5.74) is 0.689. The van der Waals surface area contributed by atoms with E-state index < -0.39 is 0 Å². The Morgan fingerprint density at radius 3 is 2.94 bits per heavy atom. The van der Waals surface area contributed by atoms with Crippen molar-refractivity contribution in [1.82, 2.24) is 4.98 Å². The summed E-state index contributed by atoms with van der Waals surface area (Å²) in [7, 11) is 0. The minimum atomic E-state index is -0.381. The van der Waals surface area contributed by atoms with Gasteiger partial charge in [-0.2, -0.15) is 11.8 Å². The van der Waals surface area contributed by atoms with Crippen LogP contribution in [-0.4, -0.2) is 27.5 Å². The SMILES string of the molecule is CCSCC(C)Nc1cc([N+](=O)[O-])c(C)cn1. The molecule has 0 spiro atoms. The third-order valence-electron chi connectivity index (χ3n) is 2.24. The fourth-order valence-electron chi connectivity index (χ4n) is 1.38. The Bertz CT molecular complexity index is 398. The fourth-order valence-corrected chi connectivity index (χ4v) is 2.05. The smallest absolute Gasteiger partial charge is 0.277 e. The summed E-state index contributed by atoms with van der Waals surface area (Å²) in [6.45, 7) is 5.83. The fraction of sp³-hybridized carbons (Fsp3) is 0.545. The molecule has 0 bridgehead atoms. The molecule has 1 N–H and O–H groups in total. The molecule has 0 aliphatic carbocycles. The number of nitrogens with one attached hydrogen (secondary N) is 1. The standard InChI is InChI=1S/C11H17N3O2S/c1-4-17-7-9(3)13-11-5-10(14(15)16)8(2)6-12-11/h5-6,9H,4,7H2,1-3H3,(H,12,13). The van der Waals surface area contributed by atoms with Crippen molar-refractivity contribution in [3.05, 3.63) is 27.9 Å². The van der Waals surface area contributed by atoms with Crippen LogP contribution in [-0.2, 0) is 0 Å². The monoisotopic (exact) mass is 255 g/mol. The zero-order chi connectivity index (χ0) is 12.8. The zero-order valence-electron chi connectivity index (χ0n) is 10.3. The van der Waals surface area contributed by atoms with E-state index in [-0.39, 0.29) is 16.7 Å². The van der Waals surface area contributed by atoms with Crippen LogP contribution in [0.4, 0.5) is 11.5 Å². The first-order valence-corrected chi connectivity index (χ1v) is 6.65. The molecule has 94 valence electrons. The largest absolute Gasteiger partial charge is 0.367 e. The van der Waals surface area contributed by atoms with E-state index in [1.165, 1.54) is 12.3 Å². The predicted octanol–water partition coefficient (Wildman–Crippen LogP) is 2.85. The van der Waals surface area contributed by atoms with E-state index in [9.17, 15) is 10.1 Å². The Kier molecular flexibility index (Phi) is 5.21. The first-order valence-electron chi connectivity index (χ1n) is 5.50. The molecule has 0 saturated carbocycles. The number of nitrogens with zero attached hydrogens (tertiary/aromatic N) is 2. The van der Waals surface area contributed by atoms with Gasteiger partial charge in [0.15, 0.2) is 0 Å². The summed E-state index contributed by atoms with van der Waals surface area (Å²) in [5, 5.41) is 13.9.